The van der Waals surface area contributed by atoms with E-state index in [0.29, 0.717) is 11.4 Å². The molecule has 0 fully saturated rings. The van der Waals surface area contributed by atoms with E-state index in [1.807, 2.05) is 0 Å². The number of nitrogens with one attached hydrogen (secondary N) is 1. The van der Waals surface area contributed by atoms with Gasteiger partial charge in [-0.1, -0.05) is 11.6 Å². The number of aryl methyl sites for hydroxylation is 2. The first-order valence-corrected chi connectivity index (χ1v) is 5.24. The molecule has 0 aliphatic rings. The second-order valence-electron chi connectivity index (χ2n) is 3.45. The minimum absolute atomic E-state index is 0.182. The molecule has 7 heteroatoms. The van der Waals surface area contributed by atoms with E-state index in [4.69, 9.17) is 11.6 Å². The van der Waals surface area contributed by atoms with Crippen LogP contribution in [0.2, 0.25) is 5.15 Å². The molecule has 0 saturated heterocycles. The maximum atomic E-state index is 11.8. The van der Waals surface area contributed by atoms with Gasteiger partial charge in [-0.2, -0.15) is 5.10 Å². The standard InChI is InChI=1S/C10H10ClN5O/c1-6-5-8(11)14-10(13-6)15-9(17)7-3-4-12-16(7)2/h3-5H,1-2H3,(H,13,14,15,17). The van der Waals surface area contributed by atoms with Gasteiger partial charge in [-0.3, -0.25) is 14.8 Å². The van der Waals surface area contributed by atoms with Gasteiger partial charge >= 0.3 is 0 Å². The number of hydrogen-bond donors (Lipinski definition) is 1. The Hall–Kier alpha value is -1.95. The Balaban J connectivity index is 2.21. The Morgan fingerprint density at radius 2 is 2.24 bits per heavy atom. The number of aromatic nitrogens is 4. The Morgan fingerprint density at radius 1 is 1.47 bits per heavy atom. The van der Waals surface area contributed by atoms with E-state index in [1.165, 1.54) is 4.68 Å². The Kier molecular flexibility index (Phi) is 3.06. The minimum Gasteiger partial charge on any atom is -0.289 e. The first-order valence-electron chi connectivity index (χ1n) is 4.87. The van der Waals surface area contributed by atoms with Crippen LogP contribution in [0.1, 0.15) is 16.2 Å². The Labute approximate surface area is 103 Å². The minimum atomic E-state index is -0.327. The summed E-state index contributed by atoms with van der Waals surface area (Å²) in [6, 6.07) is 3.22. The lowest BCUT2D eigenvalue weighted by molar-refractivity contribution is 0.101. The molecule has 0 radical (unpaired) electrons. The third-order valence-electron chi connectivity index (χ3n) is 2.10. The van der Waals surface area contributed by atoms with Crippen LogP contribution >= 0.6 is 11.6 Å². The molecule has 0 atom stereocenters. The molecular weight excluding hydrogens is 242 g/mol. The summed E-state index contributed by atoms with van der Waals surface area (Å²) in [7, 11) is 1.68. The van der Waals surface area contributed by atoms with Crippen molar-refractivity contribution in [3.05, 3.63) is 34.9 Å². The van der Waals surface area contributed by atoms with E-state index in [2.05, 4.69) is 20.4 Å². The number of carbonyl (C=O) groups is 1. The highest BCUT2D eigenvalue weighted by Gasteiger charge is 2.11. The first kappa shape index (κ1) is 11.5. The predicted octanol–water partition coefficient (Wildman–Crippen LogP) is 1.42. The summed E-state index contributed by atoms with van der Waals surface area (Å²) in [5.41, 5.74) is 1.11. The second-order valence-corrected chi connectivity index (χ2v) is 3.84. The van der Waals surface area contributed by atoms with Gasteiger partial charge in [0.2, 0.25) is 5.95 Å². The zero-order chi connectivity index (χ0) is 12.4. The van der Waals surface area contributed by atoms with Crippen molar-refractivity contribution in [2.75, 3.05) is 5.32 Å². The van der Waals surface area contributed by atoms with Crippen molar-refractivity contribution in [3.8, 4) is 0 Å². The van der Waals surface area contributed by atoms with E-state index < -0.39 is 0 Å². The SMILES string of the molecule is Cc1cc(Cl)nc(NC(=O)c2ccnn2C)n1. The first-order chi connectivity index (χ1) is 8.06. The van der Waals surface area contributed by atoms with Crippen molar-refractivity contribution in [3.63, 3.8) is 0 Å². The van der Waals surface area contributed by atoms with E-state index in [-0.39, 0.29) is 17.0 Å². The maximum Gasteiger partial charge on any atom is 0.276 e. The molecule has 2 rings (SSSR count). The fourth-order valence-electron chi connectivity index (χ4n) is 1.35. The number of amides is 1. The van der Waals surface area contributed by atoms with Gasteiger partial charge < -0.3 is 0 Å². The van der Waals surface area contributed by atoms with Crippen LogP contribution in [-0.4, -0.2) is 25.7 Å². The highest BCUT2D eigenvalue weighted by atomic mass is 35.5. The molecule has 0 aliphatic heterocycles. The quantitative estimate of drug-likeness (QED) is 0.820. The summed E-state index contributed by atoms with van der Waals surface area (Å²) in [6.45, 7) is 1.77. The zero-order valence-electron chi connectivity index (χ0n) is 9.31. The van der Waals surface area contributed by atoms with Gasteiger partial charge in [-0.25, -0.2) is 9.97 Å². The van der Waals surface area contributed by atoms with Gasteiger partial charge in [0.1, 0.15) is 10.8 Å². The van der Waals surface area contributed by atoms with Crippen molar-refractivity contribution < 1.29 is 4.79 Å². The fraction of sp³-hybridized carbons (Fsp3) is 0.200. The predicted molar refractivity (Wildman–Crippen MR) is 62.9 cm³/mol. The lowest BCUT2D eigenvalue weighted by Gasteiger charge is -2.04. The lowest BCUT2D eigenvalue weighted by Crippen LogP contribution is -2.18. The number of halogens is 1. The van der Waals surface area contributed by atoms with Crippen LogP contribution in [0.3, 0.4) is 0 Å². The third kappa shape index (κ3) is 2.59. The molecule has 0 spiro atoms. The van der Waals surface area contributed by atoms with Crippen molar-refractivity contribution in [1.82, 2.24) is 19.7 Å². The summed E-state index contributed by atoms with van der Waals surface area (Å²) >= 11 is 5.77. The molecule has 2 aromatic rings. The highest BCUT2D eigenvalue weighted by molar-refractivity contribution is 6.29. The third-order valence-corrected chi connectivity index (χ3v) is 2.30. The van der Waals surface area contributed by atoms with Crippen LogP contribution in [0.5, 0.6) is 0 Å². The molecule has 0 aromatic carbocycles. The van der Waals surface area contributed by atoms with Crippen molar-refractivity contribution in [1.29, 1.82) is 0 Å². The largest absolute Gasteiger partial charge is 0.289 e. The molecule has 2 heterocycles. The summed E-state index contributed by atoms with van der Waals surface area (Å²) in [6.07, 6.45) is 1.54. The van der Waals surface area contributed by atoms with Crippen molar-refractivity contribution in [2.45, 2.75) is 6.92 Å². The van der Waals surface area contributed by atoms with E-state index in [9.17, 15) is 4.79 Å². The Morgan fingerprint density at radius 3 is 2.82 bits per heavy atom. The molecule has 0 aliphatic carbocycles. The average Bonchev–Trinajstić information content (AvgIpc) is 2.62. The van der Waals surface area contributed by atoms with E-state index >= 15 is 0 Å². The number of anilines is 1. The molecule has 0 bridgehead atoms. The van der Waals surface area contributed by atoms with Crippen LogP contribution in [0, 0.1) is 6.92 Å². The molecule has 17 heavy (non-hydrogen) atoms. The molecule has 0 unspecified atom stereocenters. The van der Waals surface area contributed by atoms with Gasteiger partial charge in [0.25, 0.3) is 5.91 Å². The van der Waals surface area contributed by atoms with Gasteiger partial charge in [0, 0.05) is 18.9 Å². The van der Waals surface area contributed by atoms with Gasteiger partial charge in [-0.15, -0.1) is 0 Å². The molecule has 2 aromatic heterocycles. The van der Waals surface area contributed by atoms with Crippen LogP contribution in [0.15, 0.2) is 18.3 Å². The summed E-state index contributed by atoms with van der Waals surface area (Å²) in [4.78, 5) is 19.8. The number of carbonyl (C=O) groups excluding carboxylic acids is 1. The van der Waals surface area contributed by atoms with Gasteiger partial charge in [0.05, 0.1) is 0 Å². The molecular formula is C10H10ClN5O. The molecule has 1 N–H and O–H groups in total. The Bertz CT molecular complexity index is 545. The average molecular weight is 252 g/mol. The smallest absolute Gasteiger partial charge is 0.276 e. The normalized spacial score (nSPS) is 10.3. The van der Waals surface area contributed by atoms with Crippen molar-refractivity contribution >= 4 is 23.5 Å². The topological polar surface area (TPSA) is 72.7 Å². The van der Waals surface area contributed by atoms with Crippen LogP contribution < -0.4 is 5.32 Å². The number of hydrogen-bond acceptors (Lipinski definition) is 4. The van der Waals surface area contributed by atoms with Gasteiger partial charge in [0.15, 0.2) is 0 Å². The van der Waals surface area contributed by atoms with Gasteiger partial charge in [-0.05, 0) is 19.1 Å². The monoisotopic (exact) mass is 251 g/mol. The fourth-order valence-corrected chi connectivity index (χ4v) is 1.59. The summed E-state index contributed by atoms with van der Waals surface area (Å²) < 4.78 is 1.47. The van der Waals surface area contributed by atoms with Crippen molar-refractivity contribution in [2.24, 2.45) is 7.05 Å². The maximum absolute atomic E-state index is 11.8. The van der Waals surface area contributed by atoms with E-state index in [1.54, 1.807) is 32.3 Å². The molecule has 88 valence electrons. The number of nitrogens with zero attached hydrogens (tertiary/aromatic N) is 4. The number of rotatable bonds is 2. The summed E-state index contributed by atoms with van der Waals surface area (Å²) in [5.74, 6) is -0.145. The van der Waals surface area contributed by atoms with E-state index in [0.717, 1.165) is 0 Å². The zero-order valence-corrected chi connectivity index (χ0v) is 10.1. The molecule has 0 saturated carbocycles. The van der Waals surface area contributed by atoms with Crippen LogP contribution in [0.25, 0.3) is 0 Å². The second kappa shape index (κ2) is 4.50. The highest BCUT2D eigenvalue weighted by Crippen LogP contribution is 2.10. The van der Waals surface area contributed by atoms with Crippen LogP contribution in [0.4, 0.5) is 5.95 Å². The molecule has 1 amide bonds. The summed E-state index contributed by atoms with van der Waals surface area (Å²) in [5, 5.41) is 6.75. The molecule has 6 nitrogen and oxygen atoms in total. The van der Waals surface area contributed by atoms with Crippen LogP contribution in [-0.2, 0) is 7.05 Å². The lowest BCUT2D eigenvalue weighted by atomic mass is 10.4.